The highest BCUT2D eigenvalue weighted by Gasteiger charge is 2.38. The highest BCUT2D eigenvalue weighted by molar-refractivity contribution is 7.92. The number of hydrogen-bond acceptors (Lipinski definition) is 7. The van der Waals surface area contributed by atoms with Gasteiger partial charge in [-0.1, -0.05) is 12.1 Å². The highest BCUT2D eigenvalue weighted by Crippen LogP contribution is 2.37. The Kier molecular flexibility index (Phi) is 6.44. The average Bonchev–Trinajstić information content (AvgIpc) is 2.79. The third-order valence-corrected chi connectivity index (χ3v) is 7.97. The predicted octanol–water partition coefficient (Wildman–Crippen LogP) is 3.09. The van der Waals surface area contributed by atoms with E-state index in [1.807, 2.05) is 36.4 Å². The van der Waals surface area contributed by atoms with E-state index in [1.54, 1.807) is 12.1 Å². The van der Waals surface area contributed by atoms with Gasteiger partial charge in [-0.05, 0) is 60.4 Å². The van der Waals surface area contributed by atoms with Crippen LogP contribution in [-0.4, -0.2) is 57.9 Å². The van der Waals surface area contributed by atoms with Crippen LogP contribution in [0.4, 0.5) is 11.4 Å². The van der Waals surface area contributed by atoms with E-state index in [0.717, 1.165) is 73.6 Å². The van der Waals surface area contributed by atoms with Crippen LogP contribution in [0.25, 0.3) is 10.9 Å². The summed E-state index contributed by atoms with van der Waals surface area (Å²) in [6.45, 7) is 3.03. The molecule has 1 spiro atoms. The molecule has 5 rings (SSSR count). The van der Waals surface area contributed by atoms with E-state index < -0.39 is 20.0 Å². The number of rotatable bonds is 6. The average molecular weight is 531 g/mol. The van der Waals surface area contributed by atoms with Crippen LogP contribution < -0.4 is 9.44 Å². The number of anilines is 2. The number of aromatic nitrogens is 1. The number of pyridine rings is 1. The Morgan fingerprint density at radius 2 is 1.56 bits per heavy atom. The molecule has 2 N–H and O–H groups in total. The zero-order chi connectivity index (χ0) is 25.6. The van der Waals surface area contributed by atoms with Gasteiger partial charge >= 0.3 is 0 Å². The van der Waals surface area contributed by atoms with Crippen molar-refractivity contribution in [2.45, 2.75) is 38.0 Å². The lowest BCUT2D eigenvalue weighted by molar-refractivity contribution is -0.103. The van der Waals surface area contributed by atoms with Gasteiger partial charge in [0.15, 0.2) is 0 Å². The number of benzene rings is 2. The molecule has 0 aliphatic carbocycles. The number of piperidine rings is 1. The lowest BCUT2D eigenvalue weighted by atomic mass is 9.81. The van der Waals surface area contributed by atoms with Crippen molar-refractivity contribution in [3.63, 3.8) is 0 Å². The minimum atomic E-state index is -3.32. The molecule has 0 atom stereocenters. The molecule has 0 saturated carbocycles. The van der Waals surface area contributed by atoms with Crippen LogP contribution in [0.5, 0.6) is 0 Å². The van der Waals surface area contributed by atoms with Gasteiger partial charge in [-0.3, -0.25) is 19.3 Å². The fraction of sp³-hybridized carbons (Fsp3) is 0.400. The van der Waals surface area contributed by atoms with Crippen LogP contribution in [0.1, 0.15) is 29.7 Å². The van der Waals surface area contributed by atoms with Crippen LogP contribution in [0.15, 0.2) is 48.5 Å². The molecule has 2 aliphatic rings. The molecule has 1 aromatic heterocycles. The Labute approximate surface area is 212 Å². The fourth-order valence-corrected chi connectivity index (χ4v) is 6.15. The maximum atomic E-state index is 11.5. The van der Waals surface area contributed by atoms with Crippen LogP contribution in [-0.2, 0) is 44.4 Å². The van der Waals surface area contributed by atoms with Crippen molar-refractivity contribution in [2.24, 2.45) is 0 Å². The van der Waals surface area contributed by atoms with E-state index in [1.165, 1.54) is 5.56 Å². The van der Waals surface area contributed by atoms with Crippen molar-refractivity contribution < 1.29 is 21.6 Å². The summed E-state index contributed by atoms with van der Waals surface area (Å²) in [6.07, 6.45) is 4.95. The molecule has 2 aliphatic heterocycles. The molecule has 9 nitrogen and oxygen atoms in total. The number of ether oxygens (including phenoxy) is 1. The molecule has 0 unspecified atom stereocenters. The first-order valence-corrected chi connectivity index (χ1v) is 15.6. The molecule has 0 amide bonds. The summed E-state index contributed by atoms with van der Waals surface area (Å²) in [6, 6.07) is 15.0. The molecule has 1 saturated heterocycles. The Bertz CT molecular complexity index is 1510. The van der Waals surface area contributed by atoms with Crippen molar-refractivity contribution in [3.05, 3.63) is 65.4 Å². The van der Waals surface area contributed by atoms with Crippen molar-refractivity contribution in [3.8, 4) is 0 Å². The van der Waals surface area contributed by atoms with Gasteiger partial charge in [-0.15, -0.1) is 0 Å². The van der Waals surface area contributed by atoms with Crippen molar-refractivity contribution in [2.75, 3.05) is 35.0 Å². The van der Waals surface area contributed by atoms with Crippen molar-refractivity contribution in [1.82, 2.24) is 9.88 Å². The zero-order valence-electron chi connectivity index (χ0n) is 20.3. The second kappa shape index (κ2) is 9.29. The standard InChI is InChI=1S/C25H30N4O5S2/c1-35(30,31)27-21-5-4-19-15-25(34-17-20(19)14-21)9-11-29(12-10-25)16-23-6-3-18-13-22(28-36(2,32)33)7-8-24(18)26-23/h3-8,13-14,27-28H,9-12,15-17H2,1-2H3. The molecular weight excluding hydrogens is 500 g/mol. The molecule has 3 heterocycles. The second-order valence-corrected chi connectivity index (χ2v) is 13.4. The Morgan fingerprint density at radius 1 is 0.889 bits per heavy atom. The molecule has 2 aromatic carbocycles. The summed E-state index contributed by atoms with van der Waals surface area (Å²) in [4.78, 5) is 7.16. The molecule has 0 radical (unpaired) electrons. The van der Waals surface area contributed by atoms with Gasteiger partial charge in [0, 0.05) is 42.8 Å². The number of hydrogen-bond donors (Lipinski definition) is 2. The summed E-state index contributed by atoms with van der Waals surface area (Å²) < 4.78 is 57.4. The second-order valence-electron chi connectivity index (χ2n) is 9.87. The van der Waals surface area contributed by atoms with Gasteiger partial charge in [0.1, 0.15) is 0 Å². The summed E-state index contributed by atoms with van der Waals surface area (Å²) in [5.74, 6) is 0. The SMILES string of the molecule is CS(=O)(=O)Nc1ccc2c(c1)COC1(CCN(Cc3ccc4cc(NS(C)(=O)=O)ccc4n3)CC1)C2. The van der Waals surface area contributed by atoms with E-state index in [9.17, 15) is 16.8 Å². The quantitative estimate of drug-likeness (QED) is 0.503. The summed E-state index contributed by atoms with van der Waals surface area (Å²) in [5, 5.41) is 0.883. The fourth-order valence-electron chi connectivity index (χ4n) is 5.04. The topological polar surface area (TPSA) is 118 Å². The van der Waals surface area contributed by atoms with E-state index in [2.05, 4.69) is 14.3 Å². The van der Waals surface area contributed by atoms with Crippen LogP contribution >= 0.6 is 0 Å². The maximum Gasteiger partial charge on any atom is 0.229 e. The number of likely N-dealkylation sites (tertiary alicyclic amines) is 1. The maximum absolute atomic E-state index is 11.5. The van der Waals surface area contributed by atoms with Gasteiger partial charge in [0.05, 0.1) is 35.9 Å². The Hall–Kier alpha value is -2.73. The van der Waals surface area contributed by atoms with Crippen LogP contribution in [0.2, 0.25) is 0 Å². The first-order chi connectivity index (χ1) is 17.0. The lowest BCUT2D eigenvalue weighted by Gasteiger charge is -2.44. The van der Waals surface area contributed by atoms with E-state index in [-0.39, 0.29) is 5.60 Å². The van der Waals surface area contributed by atoms with Gasteiger partial charge in [-0.2, -0.15) is 0 Å². The predicted molar refractivity (Wildman–Crippen MR) is 141 cm³/mol. The van der Waals surface area contributed by atoms with Crippen molar-refractivity contribution >= 4 is 42.3 Å². The number of fused-ring (bicyclic) bond motifs is 2. The normalized spacial score (nSPS) is 18.2. The number of nitrogens with one attached hydrogen (secondary N) is 2. The van der Waals surface area contributed by atoms with Crippen LogP contribution in [0, 0.1) is 0 Å². The third-order valence-electron chi connectivity index (χ3n) is 6.76. The molecule has 11 heteroatoms. The largest absolute Gasteiger partial charge is 0.370 e. The summed E-state index contributed by atoms with van der Waals surface area (Å²) in [7, 11) is -6.63. The van der Waals surface area contributed by atoms with Gasteiger partial charge < -0.3 is 4.74 Å². The van der Waals surface area contributed by atoms with Gasteiger partial charge in [-0.25, -0.2) is 16.8 Å². The molecule has 3 aromatic rings. The lowest BCUT2D eigenvalue weighted by Crippen LogP contribution is -2.48. The molecule has 192 valence electrons. The minimum absolute atomic E-state index is 0.185. The van der Waals surface area contributed by atoms with E-state index >= 15 is 0 Å². The molecule has 1 fully saturated rings. The third kappa shape index (κ3) is 5.97. The van der Waals surface area contributed by atoms with Gasteiger partial charge in [0.2, 0.25) is 20.0 Å². The summed E-state index contributed by atoms with van der Waals surface area (Å²) in [5.41, 5.74) is 4.96. The van der Waals surface area contributed by atoms with E-state index in [4.69, 9.17) is 9.72 Å². The van der Waals surface area contributed by atoms with E-state index in [0.29, 0.717) is 18.0 Å². The molecular formula is C25H30N4O5S2. The highest BCUT2D eigenvalue weighted by atomic mass is 32.2. The smallest absolute Gasteiger partial charge is 0.229 e. The van der Waals surface area contributed by atoms with Crippen molar-refractivity contribution in [1.29, 1.82) is 0 Å². The van der Waals surface area contributed by atoms with Crippen LogP contribution in [0.3, 0.4) is 0 Å². The molecule has 36 heavy (non-hydrogen) atoms. The first kappa shape index (κ1) is 24.9. The van der Waals surface area contributed by atoms with Gasteiger partial charge in [0.25, 0.3) is 0 Å². The minimum Gasteiger partial charge on any atom is -0.370 e. The number of sulfonamides is 2. The Balaban J connectivity index is 1.21. The zero-order valence-corrected chi connectivity index (χ0v) is 22.0. The number of nitrogens with zero attached hydrogens (tertiary/aromatic N) is 2. The summed E-state index contributed by atoms with van der Waals surface area (Å²) >= 11 is 0. The Morgan fingerprint density at radius 3 is 2.25 bits per heavy atom. The monoisotopic (exact) mass is 530 g/mol. The molecule has 0 bridgehead atoms. The first-order valence-electron chi connectivity index (χ1n) is 11.8.